The topological polar surface area (TPSA) is 55.6 Å². The summed E-state index contributed by atoms with van der Waals surface area (Å²) in [5.74, 6) is -0.748. The lowest BCUT2D eigenvalue weighted by atomic mass is 10.3. The van der Waals surface area contributed by atoms with Crippen LogP contribution < -0.4 is 5.32 Å². The maximum atomic E-state index is 12.6. The second kappa shape index (κ2) is 4.28. The molecule has 8 heteroatoms. The number of aromatic nitrogens is 4. The quantitative estimate of drug-likeness (QED) is 0.893. The first-order chi connectivity index (χ1) is 8.41. The average molecular weight is 257 g/mol. The zero-order valence-corrected chi connectivity index (χ0v) is 9.65. The molecule has 18 heavy (non-hydrogen) atoms. The molecule has 0 spiro atoms. The molecule has 0 atom stereocenters. The van der Waals surface area contributed by atoms with Crippen LogP contribution >= 0.6 is 0 Å². The van der Waals surface area contributed by atoms with Gasteiger partial charge in [0.25, 0.3) is 0 Å². The predicted molar refractivity (Wildman–Crippen MR) is 58.8 cm³/mol. The maximum absolute atomic E-state index is 12.6. The number of nitrogens with one attached hydrogen (secondary N) is 1. The van der Waals surface area contributed by atoms with Crippen molar-refractivity contribution in [1.29, 1.82) is 0 Å². The first-order valence-electron chi connectivity index (χ1n) is 5.03. The van der Waals surface area contributed by atoms with Crippen molar-refractivity contribution in [2.45, 2.75) is 6.18 Å². The average Bonchev–Trinajstić information content (AvgIpc) is 2.73. The number of rotatable bonds is 2. The minimum Gasteiger partial charge on any atom is -0.373 e. The molecule has 96 valence electrons. The van der Waals surface area contributed by atoms with Gasteiger partial charge in [-0.2, -0.15) is 13.2 Å². The SMILES string of the molecule is CNc1cc(-c2nccn2C)nc(C(F)(F)F)n1. The number of alkyl halides is 3. The molecule has 0 aromatic carbocycles. The van der Waals surface area contributed by atoms with Gasteiger partial charge in [-0.05, 0) is 0 Å². The van der Waals surface area contributed by atoms with Crippen LogP contribution in [0.5, 0.6) is 0 Å². The summed E-state index contributed by atoms with van der Waals surface area (Å²) in [7, 11) is 3.17. The van der Waals surface area contributed by atoms with Crippen LogP contribution in [0, 0.1) is 0 Å². The summed E-state index contributed by atoms with van der Waals surface area (Å²) in [6.07, 6.45) is -1.47. The summed E-state index contributed by atoms with van der Waals surface area (Å²) in [6.45, 7) is 0. The summed E-state index contributed by atoms with van der Waals surface area (Å²) in [5.41, 5.74) is 0.120. The molecule has 0 unspecified atom stereocenters. The number of anilines is 1. The van der Waals surface area contributed by atoms with Crippen molar-refractivity contribution >= 4 is 5.82 Å². The van der Waals surface area contributed by atoms with Gasteiger partial charge in [0.2, 0.25) is 5.82 Å². The van der Waals surface area contributed by atoms with Crippen LogP contribution in [0.25, 0.3) is 11.5 Å². The van der Waals surface area contributed by atoms with Gasteiger partial charge in [0.05, 0.1) is 0 Å². The van der Waals surface area contributed by atoms with Crippen molar-refractivity contribution in [2.24, 2.45) is 7.05 Å². The van der Waals surface area contributed by atoms with E-state index in [9.17, 15) is 13.2 Å². The molecule has 2 aromatic heterocycles. The van der Waals surface area contributed by atoms with Crippen LogP contribution in [-0.2, 0) is 13.2 Å². The first-order valence-corrected chi connectivity index (χ1v) is 5.03. The molecule has 0 aliphatic heterocycles. The number of aryl methyl sites for hydroxylation is 1. The summed E-state index contributed by atoms with van der Waals surface area (Å²) in [5, 5.41) is 2.57. The highest BCUT2D eigenvalue weighted by atomic mass is 19.4. The van der Waals surface area contributed by atoms with E-state index >= 15 is 0 Å². The van der Waals surface area contributed by atoms with Crippen molar-refractivity contribution in [1.82, 2.24) is 19.5 Å². The fourth-order valence-corrected chi connectivity index (χ4v) is 1.43. The molecule has 5 nitrogen and oxygen atoms in total. The summed E-state index contributed by atoms with van der Waals surface area (Å²) < 4.78 is 39.5. The lowest BCUT2D eigenvalue weighted by Crippen LogP contribution is -2.13. The fraction of sp³-hybridized carbons (Fsp3) is 0.300. The third-order valence-corrected chi connectivity index (χ3v) is 2.29. The molecular weight excluding hydrogens is 247 g/mol. The van der Waals surface area contributed by atoms with E-state index in [0.29, 0.717) is 5.82 Å². The molecule has 0 fully saturated rings. The Balaban J connectivity index is 2.58. The maximum Gasteiger partial charge on any atom is 0.451 e. The van der Waals surface area contributed by atoms with Crippen LogP contribution in [0.15, 0.2) is 18.5 Å². The van der Waals surface area contributed by atoms with Crippen molar-refractivity contribution in [3.8, 4) is 11.5 Å². The van der Waals surface area contributed by atoms with Gasteiger partial charge in [-0.25, -0.2) is 15.0 Å². The van der Waals surface area contributed by atoms with Crippen molar-refractivity contribution in [2.75, 3.05) is 12.4 Å². The lowest BCUT2D eigenvalue weighted by Gasteiger charge is -2.09. The number of imidazole rings is 1. The molecule has 2 rings (SSSR count). The van der Waals surface area contributed by atoms with Crippen LogP contribution in [-0.4, -0.2) is 26.6 Å². The van der Waals surface area contributed by atoms with Crippen molar-refractivity contribution in [3.05, 3.63) is 24.3 Å². The number of hydrogen-bond acceptors (Lipinski definition) is 4. The molecule has 0 bridgehead atoms. The lowest BCUT2D eigenvalue weighted by molar-refractivity contribution is -0.144. The fourth-order valence-electron chi connectivity index (χ4n) is 1.43. The molecule has 0 saturated heterocycles. The Labute approximate surface area is 101 Å². The Morgan fingerprint density at radius 1 is 1.28 bits per heavy atom. The highest BCUT2D eigenvalue weighted by Gasteiger charge is 2.35. The van der Waals surface area contributed by atoms with E-state index < -0.39 is 12.0 Å². The molecule has 0 radical (unpaired) electrons. The molecular formula is C10H10F3N5. The molecule has 2 aromatic rings. The molecule has 2 heterocycles. The van der Waals surface area contributed by atoms with Gasteiger partial charge in [-0.3, -0.25) is 0 Å². The highest BCUT2D eigenvalue weighted by Crippen LogP contribution is 2.29. The molecule has 0 aliphatic rings. The number of hydrogen-bond donors (Lipinski definition) is 1. The van der Waals surface area contributed by atoms with Gasteiger partial charge in [-0.15, -0.1) is 0 Å². The van der Waals surface area contributed by atoms with Crippen LogP contribution in [0.4, 0.5) is 19.0 Å². The van der Waals surface area contributed by atoms with Crippen LogP contribution in [0.3, 0.4) is 0 Å². The standard InChI is InChI=1S/C10H10F3N5/c1-14-7-5-6(8-15-3-4-18(8)2)16-9(17-7)10(11,12)13/h3-5H,1-2H3,(H,14,16,17). The van der Waals surface area contributed by atoms with E-state index in [0.717, 1.165) is 0 Å². The minimum atomic E-state index is -4.59. The second-order valence-electron chi connectivity index (χ2n) is 3.57. The highest BCUT2D eigenvalue weighted by molar-refractivity contribution is 5.55. The number of halogens is 3. The monoisotopic (exact) mass is 257 g/mol. The Hall–Kier alpha value is -2.12. The summed E-state index contributed by atoms with van der Waals surface area (Å²) in [4.78, 5) is 10.8. The van der Waals surface area contributed by atoms with E-state index in [1.165, 1.54) is 19.3 Å². The zero-order valence-electron chi connectivity index (χ0n) is 9.65. The third kappa shape index (κ3) is 2.27. The smallest absolute Gasteiger partial charge is 0.373 e. The van der Waals surface area contributed by atoms with Crippen LogP contribution in [0.1, 0.15) is 5.82 Å². The largest absolute Gasteiger partial charge is 0.451 e. The Morgan fingerprint density at radius 2 is 2.00 bits per heavy atom. The van der Waals surface area contributed by atoms with Gasteiger partial charge in [0, 0.05) is 32.6 Å². The zero-order chi connectivity index (χ0) is 13.3. The van der Waals surface area contributed by atoms with Crippen molar-refractivity contribution < 1.29 is 13.2 Å². The second-order valence-corrected chi connectivity index (χ2v) is 3.57. The minimum absolute atomic E-state index is 0.0929. The molecule has 1 N–H and O–H groups in total. The Kier molecular flexibility index (Phi) is 2.93. The van der Waals surface area contributed by atoms with Gasteiger partial charge >= 0.3 is 6.18 Å². The summed E-state index contributed by atoms with van der Waals surface area (Å²) in [6, 6.07) is 1.41. The van der Waals surface area contributed by atoms with Crippen LogP contribution in [0.2, 0.25) is 0 Å². The Bertz CT molecular complexity index is 561. The Morgan fingerprint density at radius 3 is 2.50 bits per heavy atom. The van der Waals surface area contributed by atoms with E-state index in [-0.39, 0.29) is 11.5 Å². The summed E-state index contributed by atoms with van der Waals surface area (Å²) >= 11 is 0. The first kappa shape index (κ1) is 12.3. The van der Waals surface area contributed by atoms with Crippen molar-refractivity contribution in [3.63, 3.8) is 0 Å². The normalized spacial score (nSPS) is 11.6. The molecule has 0 saturated carbocycles. The third-order valence-electron chi connectivity index (χ3n) is 2.29. The number of nitrogens with zero attached hydrogens (tertiary/aromatic N) is 4. The van der Waals surface area contributed by atoms with E-state index in [4.69, 9.17) is 0 Å². The van der Waals surface area contributed by atoms with E-state index in [2.05, 4.69) is 20.3 Å². The molecule has 0 aliphatic carbocycles. The predicted octanol–water partition coefficient (Wildman–Crippen LogP) is 1.94. The van der Waals surface area contributed by atoms with E-state index in [1.54, 1.807) is 17.8 Å². The van der Waals surface area contributed by atoms with Gasteiger partial charge < -0.3 is 9.88 Å². The van der Waals surface area contributed by atoms with Gasteiger partial charge in [0.1, 0.15) is 11.5 Å². The van der Waals surface area contributed by atoms with E-state index in [1.807, 2.05) is 0 Å². The molecule has 0 amide bonds. The van der Waals surface area contributed by atoms with Gasteiger partial charge in [-0.1, -0.05) is 0 Å². The van der Waals surface area contributed by atoms with Gasteiger partial charge in [0.15, 0.2) is 5.82 Å².